The van der Waals surface area contributed by atoms with Gasteiger partial charge in [0.25, 0.3) is 0 Å². The number of benzene rings is 1. The lowest BCUT2D eigenvalue weighted by molar-refractivity contribution is -0.192. The van der Waals surface area contributed by atoms with Crippen molar-refractivity contribution in [1.82, 2.24) is 4.90 Å². The maximum absolute atomic E-state index is 12.4. The molecule has 4 rings (SSSR count). The van der Waals surface area contributed by atoms with Crippen LogP contribution in [0.2, 0.25) is 5.02 Å². The van der Waals surface area contributed by atoms with Crippen LogP contribution >= 0.6 is 11.6 Å². The van der Waals surface area contributed by atoms with Crippen molar-refractivity contribution in [3.05, 3.63) is 34.3 Å². The number of hydrogen-bond acceptors (Lipinski definition) is 5. The normalized spacial score (nSPS) is 30.7. The number of carbonyl (C=O) groups excluding carboxylic acids is 2. The fraction of sp³-hybridized carbons (Fsp3) is 0.600. The second-order valence-electron chi connectivity index (χ2n) is 8.23. The molecule has 0 aromatic heterocycles. The Morgan fingerprint density at radius 2 is 1.93 bits per heavy atom. The number of esters is 1. The maximum atomic E-state index is 12.4. The SMILES string of the molecule is NC(=O)C1(C(=O)OC2CC2)CC(O)(c2ccc(CN3CCCC3)c(Cl)c2)C1. The smallest absolute Gasteiger partial charge is 0.322 e. The number of hydrogen-bond donors (Lipinski definition) is 2. The Balaban J connectivity index is 1.48. The largest absolute Gasteiger partial charge is 0.462 e. The fourth-order valence-electron chi connectivity index (χ4n) is 4.17. The van der Waals surface area contributed by atoms with Gasteiger partial charge in [-0.3, -0.25) is 14.5 Å². The highest BCUT2D eigenvalue weighted by molar-refractivity contribution is 6.31. The number of nitrogens with two attached hydrogens (primary N) is 1. The molecule has 1 amide bonds. The van der Waals surface area contributed by atoms with E-state index in [2.05, 4.69) is 4.90 Å². The monoisotopic (exact) mass is 392 g/mol. The van der Waals surface area contributed by atoms with Crippen molar-refractivity contribution in [1.29, 1.82) is 0 Å². The van der Waals surface area contributed by atoms with Gasteiger partial charge in [0.1, 0.15) is 6.10 Å². The molecule has 2 saturated carbocycles. The molecule has 3 N–H and O–H groups in total. The summed E-state index contributed by atoms with van der Waals surface area (Å²) in [5.74, 6) is -1.35. The van der Waals surface area contributed by atoms with Crippen molar-refractivity contribution in [3.63, 3.8) is 0 Å². The molecule has 1 heterocycles. The van der Waals surface area contributed by atoms with Crippen molar-refractivity contribution in [2.24, 2.45) is 11.1 Å². The second kappa shape index (κ2) is 6.76. The van der Waals surface area contributed by atoms with E-state index in [1.165, 1.54) is 12.8 Å². The first-order valence-corrected chi connectivity index (χ1v) is 9.95. The Morgan fingerprint density at radius 1 is 1.26 bits per heavy atom. The van der Waals surface area contributed by atoms with Crippen LogP contribution in [0.25, 0.3) is 0 Å². The molecule has 6 nitrogen and oxygen atoms in total. The molecule has 3 fully saturated rings. The lowest BCUT2D eigenvalue weighted by Gasteiger charge is -2.49. The average molecular weight is 393 g/mol. The first-order valence-electron chi connectivity index (χ1n) is 9.57. The maximum Gasteiger partial charge on any atom is 0.322 e. The molecule has 0 atom stereocenters. The number of halogens is 1. The van der Waals surface area contributed by atoms with Gasteiger partial charge in [0.15, 0.2) is 5.41 Å². The molecule has 7 heteroatoms. The number of rotatable bonds is 6. The molecule has 1 saturated heterocycles. The summed E-state index contributed by atoms with van der Waals surface area (Å²) in [7, 11) is 0. The van der Waals surface area contributed by atoms with E-state index < -0.39 is 22.9 Å². The van der Waals surface area contributed by atoms with E-state index in [-0.39, 0.29) is 18.9 Å². The molecule has 1 aliphatic heterocycles. The molecular weight excluding hydrogens is 368 g/mol. The van der Waals surface area contributed by atoms with Crippen LogP contribution in [0.3, 0.4) is 0 Å². The highest BCUT2D eigenvalue weighted by Gasteiger charge is 2.64. The molecule has 1 aromatic rings. The first-order chi connectivity index (χ1) is 12.8. The number of amides is 1. The van der Waals surface area contributed by atoms with Crippen molar-refractivity contribution in [2.45, 2.75) is 56.8 Å². The highest BCUT2D eigenvalue weighted by atomic mass is 35.5. The lowest BCUT2D eigenvalue weighted by Crippen LogP contribution is -2.60. The number of nitrogens with zero attached hydrogens (tertiary/aromatic N) is 1. The van der Waals surface area contributed by atoms with E-state index in [1.54, 1.807) is 6.07 Å². The van der Waals surface area contributed by atoms with Crippen LogP contribution in [0.5, 0.6) is 0 Å². The van der Waals surface area contributed by atoms with Gasteiger partial charge < -0.3 is 15.6 Å². The molecule has 2 aliphatic carbocycles. The quantitative estimate of drug-likeness (QED) is 0.571. The summed E-state index contributed by atoms with van der Waals surface area (Å²) in [4.78, 5) is 26.7. The van der Waals surface area contributed by atoms with Gasteiger partial charge in [-0.25, -0.2) is 0 Å². The molecule has 0 radical (unpaired) electrons. The number of aliphatic hydroxyl groups is 1. The van der Waals surface area contributed by atoms with Crippen molar-refractivity contribution in [2.75, 3.05) is 13.1 Å². The van der Waals surface area contributed by atoms with E-state index in [1.807, 2.05) is 12.1 Å². The van der Waals surface area contributed by atoms with Gasteiger partial charge in [-0.2, -0.15) is 0 Å². The average Bonchev–Trinajstić information content (AvgIpc) is 3.25. The Bertz CT molecular complexity index is 765. The molecule has 0 spiro atoms. The van der Waals surface area contributed by atoms with Crippen LogP contribution in [-0.2, 0) is 26.5 Å². The lowest BCUT2D eigenvalue weighted by atomic mass is 9.56. The third kappa shape index (κ3) is 3.46. The number of primary amides is 1. The van der Waals surface area contributed by atoms with Crippen LogP contribution in [-0.4, -0.2) is 41.1 Å². The molecule has 0 bridgehead atoms. The van der Waals surface area contributed by atoms with Crippen molar-refractivity contribution in [3.8, 4) is 0 Å². The Labute approximate surface area is 163 Å². The van der Waals surface area contributed by atoms with Gasteiger partial charge in [-0.15, -0.1) is 0 Å². The first kappa shape index (κ1) is 18.7. The van der Waals surface area contributed by atoms with Gasteiger partial charge in [-0.05, 0) is 56.0 Å². The number of carbonyl (C=O) groups is 2. The Hall–Kier alpha value is -1.63. The zero-order valence-corrected chi connectivity index (χ0v) is 16.0. The van der Waals surface area contributed by atoms with Gasteiger partial charge in [0, 0.05) is 24.4 Å². The van der Waals surface area contributed by atoms with Gasteiger partial charge >= 0.3 is 5.97 Å². The van der Waals surface area contributed by atoms with Crippen LogP contribution in [0.4, 0.5) is 0 Å². The summed E-state index contributed by atoms with van der Waals surface area (Å²) in [6, 6.07) is 5.49. The standard InChI is InChI=1S/C20H25ClN2O4/c21-16-9-14(4-3-13(16)10-23-7-1-2-8-23)20(26)11-19(12-20,17(22)24)18(25)27-15-5-6-15/h3-4,9,15,26H,1-2,5-8,10-12H2,(H2,22,24). The Morgan fingerprint density at radius 3 is 2.48 bits per heavy atom. The topological polar surface area (TPSA) is 92.9 Å². The van der Waals surface area contributed by atoms with E-state index in [0.29, 0.717) is 10.6 Å². The zero-order valence-electron chi connectivity index (χ0n) is 15.2. The molecule has 1 aromatic carbocycles. The zero-order chi connectivity index (χ0) is 19.2. The third-order valence-corrected chi connectivity index (χ3v) is 6.38. The predicted molar refractivity (Wildman–Crippen MR) is 99.8 cm³/mol. The number of ether oxygens (including phenoxy) is 1. The van der Waals surface area contributed by atoms with Crippen LogP contribution in [0.15, 0.2) is 18.2 Å². The van der Waals surface area contributed by atoms with Gasteiger partial charge in [0.2, 0.25) is 5.91 Å². The minimum atomic E-state index is -1.45. The molecule has 146 valence electrons. The second-order valence-corrected chi connectivity index (χ2v) is 8.63. The molecular formula is C20H25ClN2O4. The summed E-state index contributed by atoms with van der Waals surface area (Å²) in [5, 5.41) is 11.6. The van der Waals surface area contributed by atoms with E-state index >= 15 is 0 Å². The fourth-order valence-corrected chi connectivity index (χ4v) is 4.41. The molecule has 0 unspecified atom stereocenters. The summed E-state index contributed by atoms with van der Waals surface area (Å²) in [6.45, 7) is 2.94. The third-order valence-electron chi connectivity index (χ3n) is 6.03. The molecule has 3 aliphatic rings. The van der Waals surface area contributed by atoms with Gasteiger partial charge in [-0.1, -0.05) is 23.7 Å². The highest BCUT2D eigenvalue weighted by Crippen LogP contribution is 2.55. The predicted octanol–water partition coefficient (Wildman–Crippen LogP) is 2.09. The minimum Gasteiger partial charge on any atom is -0.462 e. The van der Waals surface area contributed by atoms with E-state index in [0.717, 1.165) is 38.0 Å². The van der Waals surface area contributed by atoms with Crippen LogP contribution < -0.4 is 5.73 Å². The van der Waals surface area contributed by atoms with E-state index in [9.17, 15) is 14.7 Å². The summed E-state index contributed by atoms with van der Waals surface area (Å²) in [5.41, 5.74) is 4.37. The molecule has 27 heavy (non-hydrogen) atoms. The van der Waals surface area contributed by atoms with Crippen molar-refractivity contribution >= 4 is 23.5 Å². The van der Waals surface area contributed by atoms with Crippen LogP contribution in [0, 0.1) is 5.41 Å². The van der Waals surface area contributed by atoms with Crippen molar-refractivity contribution < 1.29 is 19.4 Å². The van der Waals surface area contributed by atoms with Gasteiger partial charge in [0.05, 0.1) is 5.60 Å². The Kier molecular flexibility index (Phi) is 4.69. The summed E-state index contributed by atoms with van der Waals surface area (Å²) >= 11 is 6.45. The minimum absolute atomic E-state index is 0.0668. The summed E-state index contributed by atoms with van der Waals surface area (Å²) in [6.07, 6.45) is 3.81. The number of likely N-dealkylation sites (tertiary alicyclic amines) is 1. The van der Waals surface area contributed by atoms with Crippen LogP contribution in [0.1, 0.15) is 49.7 Å². The summed E-state index contributed by atoms with van der Waals surface area (Å²) < 4.78 is 5.29. The van der Waals surface area contributed by atoms with E-state index in [4.69, 9.17) is 22.1 Å².